The number of thioether (sulfide) groups is 2. The summed E-state index contributed by atoms with van der Waals surface area (Å²) in [6, 6.07) is 4.03. The maximum absolute atomic E-state index is 5.77. The van der Waals surface area contributed by atoms with Gasteiger partial charge in [0.1, 0.15) is 5.76 Å². The molecule has 0 aliphatic carbocycles. The molecule has 0 fully saturated rings. The lowest BCUT2D eigenvalue weighted by Crippen LogP contribution is -1.84. The zero-order valence-corrected chi connectivity index (χ0v) is 16.2. The lowest BCUT2D eigenvalue weighted by atomic mass is 10.4. The molecule has 0 unspecified atom stereocenters. The van der Waals surface area contributed by atoms with Gasteiger partial charge in [0.05, 0.1) is 10.6 Å². The van der Waals surface area contributed by atoms with Gasteiger partial charge in [0.15, 0.2) is 8.68 Å². The largest absolute Gasteiger partial charge is 0.440 e. The topological polar surface area (TPSA) is 51.8 Å². The molecule has 3 heterocycles. The van der Waals surface area contributed by atoms with Crippen LogP contribution in [-0.4, -0.2) is 20.9 Å². The summed E-state index contributed by atoms with van der Waals surface area (Å²) in [5.74, 6) is 3.46. The summed E-state index contributed by atoms with van der Waals surface area (Å²) in [6.07, 6.45) is 2.43. The van der Waals surface area contributed by atoms with E-state index in [0.717, 1.165) is 36.5 Å². The van der Waals surface area contributed by atoms with E-state index < -0.39 is 0 Å². The van der Waals surface area contributed by atoms with E-state index in [-0.39, 0.29) is 0 Å². The molecule has 0 aromatic carbocycles. The van der Waals surface area contributed by atoms with E-state index in [4.69, 9.17) is 4.42 Å². The Kier molecular flexibility index (Phi) is 6.15. The van der Waals surface area contributed by atoms with Gasteiger partial charge in [-0.15, -0.1) is 21.5 Å². The Bertz CT molecular complexity index is 736. The van der Waals surface area contributed by atoms with E-state index in [9.17, 15) is 0 Å². The Labute approximate surface area is 152 Å². The minimum Gasteiger partial charge on any atom is -0.440 e. The van der Waals surface area contributed by atoms with E-state index in [1.807, 2.05) is 24.4 Å². The maximum atomic E-state index is 5.77. The van der Waals surface area contributed by atoms with Gasteiger partial charge in [0.25, 0.3) is 0 Å². The van der Waals surface area contributed by atoms with Crippen LogP contribution in [0.3, 0.4) is 0 Å². The highest BCUT2D eigenvalue weighted by atomic mass is 32.2. The molecule has 0 bridgehead atoms. The number of thiophene rings is 1. The molecule has 3 aromatic rings. The zero-order chi connectivity index (χ0) is 16.1. The lowest BCUT2D eigenvalue weighted by molar-refractivity contribution is 0.542. The highest BCUT2D eigenvalue weighted by Crippen LogP contribution is 2.33. The zero-order valence-electron chi connectivity index (χ0n) is 12.9. The molecule has 0 spiro atoms. The van der Waals surface area contributed by atoms with Gasteiger partial charge in [0, 0.05) is 11.5 Å². The Balaban J connectivity index is 1.58. The molecule has 0 aliphatic rings. The highest BCUT2D eigenvalue weighted by molar-refractivity contribution is 8.02. The van der Waals surface area contributed by atoms with Crippen LogP contribution in [0.5, 0.6) is 0 Å². The van der Waals surface area contributed by atoms with Crippen molar-refractivity contribution in [2.24, 2.45) is 0 Å². The van der Waals surface area contributed by atoms with Crippen molar-refractivity contribution in [3.8, 4) is 10.8 Å². The quantitative estimate of drug-likeness (QED) is 0.365. The SMILES string of the molecule is CCCCSc1nnc(SCc2nc(-c3cccs3)oc2C)s1. The molecule has 3 rings (SSSR count). The number of unbranched alkanes of at least 4 members (excludes halogenated alkanes) is 1. The van der Waals surface area contributed by atoms with Crippen LogP contribution in [0.4, 0.5) is 0 Å². The number of hydrogen-bond acceptors (Lipinski definition) is 8. The third-order valence-corrected chi connectivity index (χ3v) is 7.21. The van der Waals surface area contributed by atoms with Crippen molar-refractivity contribution in [2.75, 3.05) is 5.75 Å². The summed E-state index contributed by atoms with van der Waals surface area (Å²) in [7, 11) is 0. The van der Waals surface area contributed by atoms with Crippen LogP contribution < -0.4 is 0 Å². The van der Waals surface area contributed by atoms with Crippen LogP contribution in [0, 0.1) is 6.92 Å². The molecule has 3 aromatic heterocycles. The van der Waals surface area contributed by atoms with Gasteiger partial charge in [-0.25, -0.2) is 4.98 Å². The molecule has 0 saturated carbocycles. The fourth-order valence-corrected chi connectivity index (χ4v) is 5.64. The Morgan fingerprint density at radius 1 is 1.22 bits per heavy atom. The van der Waals surface area contributed by atoms with Crippen LogP contribution in [-0.2, 0) is 5.75 Å². The number of aromatic nitrogens is 3. The van der Waals surface area contributed by atoms with Crippen molar-refractivity contribution < 1.29 is 4.42 Å². The van der Waals surface area contributed by atoms with E-state index >= 15 is 0 Å². The minimum atomic E-state index is 0.709. The number of oxazole rings is 1. The fourth-order valence-electron chi connectivity index (χ4n) is 1.82. The van der Waals surface area contributed by atoms with Crippen LogP contribution in [0.15, 0.2) is 30.6 Å². The van der Waals surface area contributed by atoms with Crippen molar-refractivity contribution in [3.63, 3.8) is 0 Å². The molecular formula is C15H17N3OS4. The second-order valence-electron chi connectivity index (χ2n) is 4.82. The van der Waals surface area contributed by atoms with Gasteiger partial charge in [-0.05, 0) is 24.8 Å². The van der Waals surface area contributed by atoms with Crippen LogP contribution in [0.25, 0.3) is 10.8 Å². The van der Waals surface area contributed by atoms with Crippen LogP contribution in [0.2, 0.25) is 0 Å². The average Bonchev–Trinajstić information content (AvgIpc) is 3.26. The second kappa shape index (κ2) is 8.32. The molecular weight excluding hydrogens is 366 g/mol. The smallest absolute Gasteiger partial charge is 0.236 e. The highest BCUT2D eigenvalue weighted by Gasteiger charge is 2.13. The molecule has 4 nitrogen and oxygen atoms in total. The van der Waals surface area contributed by atoms with Gasteiger partial charge in [0.2, 0.25) is 5.89 Å². The molecule has 0 radical (unpaired) electrons. The van der Waals surface area contributed by atoms with Crippen LogP contribution >= 0.6 is 46.2 Å². The maximum Gasteiger partial charge on any atom is 0.236 e. The minimum absolute atomic E-state index is 0.709. The molecule has 0 amide bonds. The monoisotopic (exact) mass is 383 g/mol. The predicted octanol–water partition coefficient (Wildman–Crippen LogP) is 5.75. The molecule has 8 heteroatoms. The van der Waals surface area contributed by atoms with E-state index in [1.165, 1.54) is 12.8 Å². The third kappa shape index (κ3) is 4.59. The van der Waals surface area contributed by atoms with E-state index in [1.54, 1.807) is 46.2 Å². The Hall–Kier alpha value is -0.830. The van der Waals surface area contributed by atoms with Crippen molar-refractivity contribution in [2.45, 2.75) is 41.1 Å². The summed E-state index contributed by atoms with van der Waals surface area (Å²) in [6.45, 7) is 4.17. The number of rotatable bonds is 8. The molecule has 23 heavy (non-hydrogen) atoms. The van der Waals surface area contributed by atoms with Gasteiger partial charge < -0.3 is 4.42 Å². The van der Waals surface area contributed by atoms with E-state index in [2.05, 4.69) is 22.1 Å². The molecule has 0 saturated heterocycles. The molecule has 0 N–H and O–H groups in total. The van der Waals surface area contributed by atoms with Crippen LogP contribution in [0.1, 0.15) is 31.2 Å². The first kappa shape index (κ1) is 17.0. The van der Waals surface area contributed by atoms with Gasteiger partial charge in [-0.2, -0.15) is 0 Å². The predicted molar refractivity (Wildman–Crippen MR) is 99.7 cm³/mol. The van der Waals surface area contributed by atoms with Gasteiger partial charge >= 0.3 is 0 Å². The number of nitrogens with zero attached hydrogens (tertiary/aromatic N) is 3. The number of aryl methyl sites for hydroxylation is 1. The summed E-state index contributed by atoms with van der Waals surface area (Å²) in [5.41, 5.74) is 0.980. The van der Waals surface area contributed by atoms with E-state index in [0.29, 0.717) is 5.89 Å². The lowest BCUT2D eigenvalue weighted by Gasteiger charge is -1.94. The van der Waals surface area contributed by atoms with Gasteiger partial charge in [-0.1, -0.05) is 54.3 Å². The second-order valence-corrected chi connectivity index (χ2v) is 9.31. The Morgan fingerprint density at radius 3 is 2.78 bits per heavy atom. The number of hydrogen-bond donors (Lipinski definition) is 0. The normalized spacial score (nSPS) is 11.2. The van der Waals surface area contributed by atoms with Crippen molar-refractivity contribution >= 4 is 46.2 Å². The van der Waals surface area contributed by atoms with Gasteiger partial charge in [-0.3, -0.25) is 0 Å². The molecule has 0 aliphatic heterocycles. The molecule has 0 atom stereocenters. The first-order chi connectivity index (χ1) is 11.3. The summed E-state index contributed by atoms with van der Waals surface area (Å²) in [5, 5.41) is 10.5. The summed E-state index contributed by atoms with van der Waals surface area (Å²) >= 11 is 6.76. The summed E-state index contributed by atoms with van der Waals surface area (Å²) in [4.78, 5) is 5.67. The third-order valence-electron chi connectivity index (χ3n) is 3.07. The fraction of sp³-hybridized carbons (Fsp3) is 0.400. The first-order valence-corrected chi connectivity index (χ1v) is 11.0. The first-order valence-electron chi connectivity index (χ1n) is 7.35. The van der Waals surface area contributed by atoms with Crippen molar-refractivity contribution in [1.29, 1.82) is 0 Å². The van der Waals surface area contributed by atoms with Crippen molar-refractivity contribution in [1.82, 2.24) is 15.2 Å². The Morgan fingerprint density at radius 2 is 2.04 bits per heavy atom. The molecule has 122 valence electrons. The average molecular weight is 384 g/mol. The standard InChI is InChI=1S/C15H17N3OS4/c1-3-4-7-21-14-17-18-15(23-14)22-9-11-10(2)19-13(16-11)12-6-5-8-20-12/h5-6,8H,3-4,7,9H2,1-2H3. The summed E-state index contributed by atoms with van der Waals surface area (Å²) < 4.78 is 7.81. The van der Waals surface area contributed by atoms with Crippen molar-refractivity contribution in [3.05, 3.63) is 29.0 Å².